The Balaban J connectivity index is 1.95. The number of benzene rings is 1. The number of nitrogens with zero attached hydrogens (tertiary/aromatic N) is 2. The van der Waals surface area contributed by atoms with Crippen LogP contribution in [0, 0.1) is 5.82 Å². The number of aromatic nitrogens is 2. The number of nitrogens with one attached hydrogen (secondary N) is 1. The van der Waals surface area contributed by atoms with E-state index in [2.05, 4.69) is 10.4 Å². The first kappa shape index (κ1) is 18.7. The number of anilines is 1. The van der Waals surface area contributed by atoms with E-state index in [1.165, 1.54) is 12.1 Å². The molecule has 1 aliphatic carbocycles. The van der Waals surface area contributed by atoms with Crippen LogP contribution >= 0.6 is 0 Å². The Kier molecular flexibility index (Phi) is 5.19. The highest BCUT2D eigenvalue weighted by molar-refractivity contribution is 5.51. The van der Waals surface area contributed by atoms with Crippen LogP contribution in [0.4, 0.5) is 23.2 Å². The van der Waals surface area contributed by atoms with Crippen molar-refractivity contribution in [1.82, 2.24) is 9.78 Å². The quantitative estimate of drug-likeness (QED) is 0.705. The maximum atomic E-state index is 14.5. The molecular weight excluding hydrogens is 354 g/mol. The van der Waals surface area contributed by atoms with Gasteiger partial charge in [-0.2, -0.15) is 18.3 Å². The summed E-state index contributed by atoms with van der Waals surface area (Å²) in [7, 11) is 0. The summed E-state index contributed by atoms with van der Waals surface area (Å²) in [5, 5.41) is 24.5. The molecule has 3 rings (SSSR count). The standard InChI is InChI=1S/C17H19F4N3O2/c18-13-7-10(22-8-11(26)9-25)5-6-15(13)24-14-4-2-1-3-12(14)16(23-24)17(19,20)21/h5-7,11,22,25-26H,1-4,8-9H2. The lowest BCUT2D eigenvalue weighted by Crippen LogP contribution is -2.23. The Bertz CT molecular complexity index is 789. The van der Waals surface area contributed by atoms with Crippen molar-refractivity contribution < 1.29 is 27.8 Å². The zero-order valence-electron chi connectivity index (χ0n) is 13.9. The smallest absolute Gasteiger partial charge is 0.394 e. The van der Waals surface area contributed by atoms with Gasteiger partial charge >= 0.3 is 6.18 Å². The molecule has 0 radical (unpaired) electrons. The fourth-order valence-electron chi connectivity index (χ4n) is 3.11. The Labute approximate surface area is 147 Å². The fourth-order valence-corrected chi connectivity index (χ4v) is 3.11. The molecule has 9 heteroatoms. The number of aliphatic hydroxyl groups is 2. The third-order valence-corrected chi connectivity index (χ3v) is 4.38. The van der Waals surface area contributed by atoms with Gasteiger partial charge < -0.3 is 15.5 Å². The van der Waals surface area contributed by atoms with E-state index in [0.29, 0.717) is 24.2 Å². The van der Waals surface area contributed by atoms with Crippen molar-refractivity contribution in [3.63, 3.8) is 0 Å². The fraction of sp³-hybridized carbons (Fsp3) is 0.471. The van der Waals surface area contributed by atoms with Crippen LogP contribution in [0.25, 0.3) is 5.69 Å². The third-order valence-electron chi connectivity index (χ3n) is 4.38. The summed E-state index contributed by atoms with van der Waals surface area (Å²) >= 11 is 0. The first-order chi connectivity index (χ1) is 12.3. The van der Waals surface area contributed by atoms with Gasteiger partial charge in [-0.3, -0.25) is 0 Å². The van der Waals surface area contributed by atoms with Crippen molar-refractivity contribution >= 4 is 5.69 Å². The van der Waals surface area contributed by atoms with E-state index in [1.807, 2.05) is 0 Å². The predicted molar refractivity (Wildman–Crippen MR) is 86.7 cm³/mol. The van der Waals surface area contributed by atoms with Gasteiger partial charge in [0.2, 0.25) is 0 Å². The van der Waals surface area contributed by atoms with Crippen LogP contribution < -0.4 is 5.32 Å². The third kappa shape index (κ3) is 3.68. The van der Waals surface area contributed by atoms with Crippen LogP contribution in [0.2, 0.25) is 0 Å². The molecular formula is C17H19F4N3O2. The molecule has 1 atom stereocenters. The predicted octanol–water partition coefficient (Wildman–Crippen LogP) is 2.67. The van der Waals surface area contributed by atoms with Crippen molar-refractivity contribution in [2.45, 2.75) is 38.0 Å². The minimum atomic E-state index is -4.58. The molecule has 0 amide bonds. The lowest BCUT2D eigenvalue weighted by atomic mass is 9.95. The van der Waals surface area contributed by atoms with Crippen molar-refractivity contribution in [2.75, 3.05) is 18.5 Å². The van der Waals surface area contributed by atoms with E-state index in [1.54, 1.807) is 0 Å². The van der Waals surface area contributed by atoms with Gasteiger partial charge in [-0.1, -0.05) is 0 Å². The zero-order valence-corrected chi connectivity index (χ0v) is 13.9. The van der Waals surface area contributed by atoms with Crippen molar-refractivity contribution in [3.05, 3.63) is 41.0 Å². The first-order valence-corrected chi connectivity index (χ1v) is 8.32. The van der Waals surface area contributed by atoms with Crippen LogP contribution in [-0.4, -0.2) is 39.2 Å². The van der Waals surface area contributed by atoms with Crippen LogP contribution in [-0.2, 0) is 19.0 Å². The summed E-state index contributed by atoms with van der Waals surface area (Å²) in [5.41, 5.74) is -0.0992. The number of aliphatic hydroxyl groups excluding tert-OH is 2. The number of fused-ring (bicyclic) bond motifs is 1. The Morgan fingerprint density at radius 3 is 2.62 bits per heavy atom. The molecule has 3 N–H and O–H groups in total. The molecule has 26 heavy (non-hydrogen) atoms. The zero-order chi connectivity index (χ0) is 18.9. The van der Waals surface area contributed by atoms with Gasteiger partial charge in [0.25, 0.3) is 0 Å². The van der Waals surface area contributed by atoms with Crippen molar-refractivity contribution in [2.24, 2.45) is 0 Å². The number of hydrogen-bond donors (Lipinski definition) is 3. The highest BCUT2D eigenvalue weighted by Crippen LogP contribution is 2.37. The lowest BCUT2D eigenvalue weighted by Gasteiger charge is -2.16. The topological polar surface area (TPSA) is 70.3 Å². The molecule has 0 bridgehead atoms. The molecule has 5 nitrogen and oxygen atoms in total. The van der Waals surface area contributed by atoms with Crippen LogP contribution in [0.3, 0.4) is 0 Å². The number of alkyl halides is 3. The normalized spacial score (nSPS) is 15.6. The van der Waals surface area contributed by atoms with Crippen LogP contribution in [0.5, 0.6) is 0 Å². The Morgan fingerprint density at radius 1 is 1.23 bits per heavy atom. The maximum Gasteiger partial charge on any atom is 0.435 e. The number of hydrogen-bond acceptors (Lipinski definition) is 4. The van der Waals surface area contributed by atoms with Crippen LogP contribution in [0.15, 0.2) is 18.2 Å². The van der Waals surface area contributed by atoms with Gasteiger partial charge in [-0.15, -0.1) is 0 Å². The molecule has 1 aliphatic rings. The number of halogens is 4. The molecule has 142 valence electrons. The lowest BCUT2D eigenvalue weighted by molar-refractivity contribution is -0.142. The summed E-state index contributed by atoms with van der Waals surface area (Å²) in [5.74, 6) is -0.724. The maximum absolute atomic E-state index is 14.5. The van der Waals surface area contributed by atoms with E-state index in [9.17, 15) is 22.7 Å². The van der Waals surface area contributed by atoms with E-state index >= 15 is 0 Å². The minimum absolute atomic E-state index is 0.0185. The second-order valence-corrected chi connectivity index (χ2v) is 6.27. The summed E-state index contributed by atoms with van der Waals surface area (Å²) in [6.07, 6.45) is -3.49. The highest BCUT2D eigenvalue weighted by atomic mass is 19.4. The summed E-state index contributed by atoms with van der Waals surface area (Å²) in [6.45, 7) is -0.419. The average Bonchev–Trinajstić information content (AvgIpc) is 2.99. The SMILES string of the molecule is OCC(O)CNc1ccc(-n2nc(C(F)(F)F)c3c2CCCC3)c(F)c1. The molecule has 0 saturated heterocycles. The molecule has 1 heterocycles. The highest BCUT2D eigenvalue weighted by Gasteiger charge is 2.39. The van der Waals surface area contributed by atoms with Gasteiger partial charge in [0.1, 0.15) is 5.69 Å². The van der Waals surface area contributed by atoms with Gasteiger partial charge in [0.15, 0.2) is 11.5 Å². The minimum Gasteiger partial charge on any atom is -0.394 e. The molecule has 0 fully saturated rings. The van der Waals surface area contributed by atoms with Crippen LogP contribution in [0.1, 0.15) is 29.8 Å². The summed E-state index contributed by atoms with van der Waals surface area (Å²) in [4.78, 5) is 0. The van der Waals surface area contributed by atoms with E-state index in [0.717, 1.165) is 17.2 Å². The average molecular weight is 373 g/mol. The molecule has 0 spiro atoms. The Morgan fingerprint density at radius 2 is 1.96 bits per heavy atom. The van der Waals surface area contributed by atoms with Crippen molar-refractivity contribution in [1.29, 1.82) is 0 Å². The number of rotatable bonds is 5. The summed E-state index contributed by atoms with van der Waals surface area (Å²) < 4.78 is 55.3. The van der Waals surface area contributed by atoms with Gasteiger partial charge in [0, 0.05) is 23.5 Å². The van der Waals surface area contributed by atoms with Gasteiger partial charge in [-0.25, -0.2) is 9.07 Å². The molecule has 2 aromatic rings. The molecule has 1 aromatic carbocycles. The molecule has 1 unspecified atom stereocenters. The molecule has 0 aliphatic heterocycles. The Hall–Kier alpha value is -2.13. The second-order valence-electron chi connectivity index (χ2n) is 6.27. The molecule has 0 saturated carbocycles. The first-order valence-electron chi connectivity index (χ1n) is 8.32. The van der Waals surface area contributed by atoms with Gasteiger partial charge in [-0.05, 0) is 43.9 Å². The monoisotopic (exact) mass is 373 g/mol. The molecule has 1 aromatic heterocycles. The second kappa shape index (κ2) is 7.24. The summed E-state index contributed by atoms with van der Waals surface area (Å²) in [6, 6.07) is 3.97. The van der Waals surface area contributed by atoms with Gasteiger partial charge in [0.05, 0.1) is 12.7 Å². The van der Waals surface area contributed by atoms with Crippen molar-refractivity contribution in [3.8, 4) is 5.69 Å². The largest absolute Gasteiger partial charge is 0.435 e. The van der Waals surface area contributed by atoms with E-state index in [4.69, 9.17) is 5.11 Å². The van der Waals surface area contributed by atoms with E-state index < -0.39 is 30.4 Å². The van der Waals surface area contributed by atoms with E-state index in [-0.39, 0.29) is 24.2 Å².